The summed E-state index contributed by atoms with van der Waals surface area (Å²) < 4.78 is 10.8. The molecule has 2 aliphatic rings. The van der Waals surface area contributed by atoms with Crippen molar-refractivity contribution in [2.45, 2.75) is 26.2 Å². The highest BCUT2D eigenvalue weighted by Gasteiger charge is 2.43. The van der Waals surface area contributed by atoms with Crippen molar-refractivity contribution in [1.82, 2.24) is 4.90 Å². The number of likely N-dealkylation sites (tertiary alicyclic amines) is 1. The van der Waals surface area contributed by atoms with Gasteiger partial charge in [-0.1, -0.05) is 25.1 Å². The first-order valence-electron chi connectivity index (χ1n) is 10.3. The number of carbonyl (C=O) groups excluding carboxylic acids is 2. The molecule has 2 heterocycles. The third kappa shape index (κ3) is 3.32. The largest absolute Gasteiger partial charge is 0.493 e. The second kappa shape index (κ2) is 8.22. The van der Waals surface area contributed by atoms with E-state index in [-0.39, 0.29) is 11.8 Å². The minimum atomic E-state index is -0.307. The minimum Gasteiger partial charge on any atom is -0.493 e. The zero-order valence-corrected chi connectivity index (χ0v) is 17.6. The summed E-state index contributed by atoms with van der Waals surface area (Å²) in [6.45, 7) is 3.62. The molecule has 2 amide bonds. The van der Waals surface area contributed by atoms with E-state index in [1.54, 1.807) is 26.4 Å². The van der Waals surface area contributed by atoms with Crippen molar-refractivity contribution < 1.29 is 19.1 Å². The fraction of sp³-hybridized carbons (Fsp3) is 0.333. The van der Waals surface area contributed by atoms with Gasteiger partial charge in [-0.05, 0) is 54.7 Å². The van der Waals surface area contributed by atoms with Gasteiger partial charge in [0.05, 0.1) is 25.5 Å². The average molecular weight is 406 g/mol. The van der Waals surface area contributed by atoms with E-state index in [0.29, 0.717) is 34.0 Å². The minimum absolute atomic E-state index is 0.268. The molecule has 0 unspecified atom stereocenters. The Hall–Kier alpha value is -3.28. The highest BCUT2D eigenvalue weighted by molar-refractivity contribution is 6.45. The van der Waals surface area contributed by atoms with Gasteiger partial charge in [0.25, 0.3) is 11.8 Å². The number of benzene rings is 2. The van der Waals surface area contributed by atoms with E-state index in [1.807, 2.05) is 35.2 Å². The fourth-order valence-corrected chi connectivity index (χ4v) is 4.12. The van der Waals surface area contributed by atoms with Gasteiger partial charge >= 0.3 is 0 Å². The monoisotopic (exact) mass is 406 g/mol. The molecule has 2 aromatic carbocycles. The SMILES string of the molecule is CCc1ccc(N2C(=O)C(c3ccc(OC)c(OC)c3)=C(N3CCCC3)C2=O)cc1. The van der Waals surface area contributed by atoms with Crippen molar-refractivity contribution in [1.29, 1.82) is 0 Å². The number of aryl methyl sites for hydroxylation is 1. The van der Waals surface area contributed by atoms with Crippen LogP contribution >= 0.6 is 0 Å². The van der Waals surface area contributed by atoms with Crippen LogP contribution in [-0.4, -0.2) is 44.0 Å². The van der Waals surface area contributed by atoms with Crippen LogP contribution in [0.25, 0.3) is 5.57 Å². The van der Waals surface area contributed by atoms with E-state index >= 15 is 0 Å². The number of anilines is 1. The molecule has 0 bridgehead atoms. The van der Waals surface area contributed by atoms with E-state index in [4.69, 9.17) is 9.47 Å². The van der Waals surface area contributed by atoms with Crippen LogP contribution in [0.3, 0.4) is 0 Å². The van der Waals surface area contributed by atoms with Crippen LogP contribution < -0.4 is 14.4 Å². The first kappa shape index (κ1) is 20.0. The Balaban J connectivity index is 1.81. The molecule has 0 saturated carbocycles. The summed E-state index contributed by atoms with van der Waals surface area (Å²) >= 11 is 0. The molecule has 0 N–H and O–H groups in total. The van der Waals surface area contributed by atoms with Gasteiger partial charge in [0.15, 0.2) is 11.5 Å². The zero-order chi connectivity index (χ0) is 21.3. The van der Waals surface area contributed by atoms with Crippen LogP contribution in [0.1, 0.15) is 30.9 Å². The number of rotatable bonds is 6. The molecule has 1 saturated heterocycles. The topological polar surface area (TPSA) is 59.1 Å². The van der Waals surface area contributed by atoms with E-state index < -0.39 is 0 Å². The molecule has 1 fully saturated rings. The van der Waals surface area contributed by atoms with Crippen molar-refractivity contribution in [3.63, 3.8) is 0 Å². The van der Waals surface area contributed by atoms with Gasteiger partial charge in [-0.2, -0.15) is 0 Å². The van der Waals surface area contributed by atoms with Gasteiger partial charge in [-0.25, -0.2) is 4.90 Å². The predicted molar refractivity (Wildman–Crippen MR) is 116 cm³/mol. The summed E-state index contributed by atoms with van der Waals surface area (Å²) in [6, 6.07) is 12.9. The summed E-state index contributed by atoms with van der Waals surface area (Å²) in [5, 5.41) is 0. The second-order valence-electron chi connectivity index (χ2n) is 7.45. The quantitative estimate of drug-likeness (QED) is 0.686. The number of ether oxygens (including phenoxy) is 2. The number of imide groups is 1. The summed E-state index contributed by atoms with van der Waals surface area (Å²) in [7, 11) is 3.12. The molecule has 4 rings (SSSR count). The lowest BCUT2D eigenvalue weighted by Gasteiger charge is -2.20. The van der Waals surface area contributed by atoms with Crippen molar-refractivity contribution in [3.05, 3.63) is 59.3 Å². The lowest BCUT2D eigenvalue weighted by atomic mass is 10.0. The van der Waals surface area contributed by atoms with Crippen molar-refractivity contribution >= 4 is 23.1 Å². The molecule has 0 aromatic heterocycles. The number of nitrogens with zero attached hydrogens (tertiary/aromatic N) is 2. The van der Waals surface area contributed by atoms with E-state index in [0.717, 1.165) is 37.9 Å². The maximum absolute atomic E-state index is 13.5. The van der Waals surface area contributed by atoms with Gasteiger partial charge < -0.3 is 14.4 Å². The lowest BCUT2D eigenvalue weighted by Crippen LogP contribution is -2.34. The normalized spacial score (nSPS) is 16.6. The van der Waals surface area contributed by atoms with Crippen LogP contribution in [0.5, 0.6) is 11.5 Å². The second-order valence-corrected chi connectivity index (χ2v) is 7.45. The Kier molecular flexibility index (Phi) is 5.48. The molecule has 2 aliphatic heterocycles. The Morgan fingerprint density at radius 2 is 1.53 bits per heavy atom. The van der Waals surface area contributed by atoms with E-state index in [9.17, 15) is 9.59 Å². The molecule has 156 valence electrons. The van der Waals surface area contributed by atoms with Crippen LogP contribution in [0, 0.1) is 0 Å². The first-order chi connectivity index (χ1) is 14.6. The van der Waals surface area contributed by atoms with E-state index in [2.05, 4.69) is 6.92 Å². The molecule has 6 heteroatoms. The molecule has 0 spiro atoms. The molecule has 0 atom stereocenters. The molecule has 0 aliphatic carbocycles. The van der Waals surface area contributed by atoms with Gasteiger partial charge in [0.1, 0.15) is 5.70 Å². The van der Waals surface area contributed by atoms with Gasteiger partial charge in [-0.15, -0.1) is 0 Å². The predicted octanol–water partition coefficient (Wildman–Crippen LogP) is 3.65. The third-order valence-corrected chi connectivity index (χ3v) is 5.76. The number of carbonyl (C=O) groups is 2. The summed E-state index contributed by atoms with van der Waals surface area (Å²) in [5.74, 6) is 0.525. The standard InChI is InChI=1S/C24H26N2O4/c1-4-16-7-10-18(11-8-16)26-23(27)21(22(24(26)28)25-13-5-6-14-25)17-9-12-19(29-2)20(15-17)30-3/h7-12,15H,4-6,13-14H2,1-3H3. The highest BCUT2D eigenvalue weighted by Crippen LogP contribution is 2.39. The maximum atomic E-state index is 13.5. The van der Waals surface area contributed by atoms with Gasteiger partial charge in [0, 0.05) is 13.1 Å². The molecular formula is C24H26N2O4. The Morgan fingerprint density at radius 3 is 2.13 bits per heavy atom. The summed E-state index contributed by atoms with van der Waals surface area (Å²) in [4.78, 5) is 30.3. The van der Waals surface area contributed by atoms with Crippen LogP contribution in [-0.2, 0) is 16.0 Å². The number of methoxy groups -OCH3 is 2. The Bertz CT molecular complexity index is 1000. The number of hydrogen-bond acceptors (Lipinski definition) is 5. The van der Waals surface area contributed by atoms with Crippen LogP contribution in [0.4, 0.5) is 5.69 Å². The lowest BCUT2D eigenvalue weighted by molar-refractivity contribution is -0.120. The molecule has 6 nitrogen and oxygen atoms in total. The third-order valence-electron chi connectivity index (χ3n) is 5.76. The summed E-state index contributed by atoms with van der Waals surface area (Å²) in [6.07, 6.45) is 2.92. The molecule has 30 heavy (non-hydrogen) atoms. The number of hydrogen-bond donors (Lipinski definition) is 0. The van der Waals surface area contributed by atoms with Crippen LogP contribution in [0.15, 0.2) is 48.2 Å². The molecule has 0 radical (unpaired) electrons. The Morgan fingerprint density at radius 1 is 0.867 bits per heavy atom. The molecule has 2 aromatic rings. The van der Waals surface area contributed by atoms with E-state index in [1.165, 1.54) is 4.90 Å². The maximum Gasteiger partial charge on any atom is 0.282 e. The average Bonchev–Trinajstić information content (AvgIpc) is 3.39. The van der Waals surface area contributed by atoms with Gasteiger partial charge in [0.2, 0.25) is 0 Å². The number of amides is 2. The smallest absolute Gasteiger partial charge is 0.282 e. The van der Waals surface area contributed by atoms with Crippen molar-refractivity contribution in [2.24, 2.45) is 0 Å². The van der Waals surface area contributed by atoms with Crippen molar-refractivity contribution in [2.75, 3.05) is 32.2 Å². The first-order valence-corrected chi connectivity index (χ1v) is 10.3. The van der Waals surface area contributed by atoms with Crippen LogP contribution in [0.2, 0.25) is 0 Å². The van der Waals surface area contributed by atoms with Crippen molar-refractivity contribution in [3.8, 4) is 11.5 Å². The van der Waals surface area contributed by atoms with Gasteiger partial charge in [-0.3, -0.25) is 9.59 Å². The molecular weight excluding hydrogens is 380 g/mol. The zero-order valence-electron chi connectivity index (χ0n) is 17.6. The fourth-order valence-electron chi connectivity index (χ4n) is 4.12. The highest BCUT2D eigenvalue weighted by atomic mass is 16.5. The Labute approximate surface area is 176 Å². The summed E-state index contributed by atoms with van der Waals surface area (Å²) in [5.41, 5.74) is 3.30.